The minimum Gasteiger partial charge on any atom is -0.329 e. The zero-order valence-corrected chi connectivity index (χ0v) is 10.9. The highest BCUT2D eigenvalue weighted by molar-refractivity contribution is 5.24. The molecular weight excluding hydrogens is 196 g/mol. The molecule has 2 N–H and O–H groups in total. The lowest BCUT2D eigenvalue weighted by Crippen LogP contribution is -2.36. The highest BCUT2D eigenvalue weighted by Gasteiger charge is 2.18. The third-order valence-electron chi connectivity index (χ3n) is 3.46. The number of aryl methyl sites for hydroxylation is 1. The molecule has 16 heavy (non-hydrogen) atoms. The third-order valence-corrected chi connectivity index (χ3v) is 3.46. The predicted octanol–water partition coefficient (Wildman–Crippen LogP) is 2.73. The minimum absolute atomic E-state index is 0.329. The first-order chi connectivity index (χ1) is 7.60. The van der Waals surface area contributed by atoms with Gasteiger partial charge in [0.05, 0.1) is 0 Å². The maximum Gasteiger partial charge on any atom is 0.0470 e. The van der Waals surface area contributed by atoms with Crippen molar-refractivity contribution in [1.82, 2.24) is 4.90 Å². The van der Waals surface area contributed by atoms with E-state index in [4.69, 9.17) is 5.73 Å². The zero-order chi connectivity index (χ0) is 12.1. The lowest BCUT2D eigenvalue weighted by Gasteiger charge is -2.32. The lowest BCUT2D eigenvalue weighted by atomic mass is 10.0. The van der Waals surface area contributed by atoms with Gasteiger partial charge in [0, 0.05) is 18.6 Å². The molecule has 0 aliphatic rings. The summed E-state index contributed by atoms with van der Waals surface area (Å²) in [6, 6.07) is 9.58. The molecule has 90 valence electrons. The molecule has 0 spiro atoms. The van der Waals surface area contributed by atoms with Crippen molar-refractivity contribution in [3.63, 3.8) is 0 Å². The summed E-state index contributed by atoms with van der Waals surface area (Å²) < 4.78 is 0. The van der Waals surface area contributed by atoms with Crippen LogP contribution < -0.4 is 5.73 Å². The first-order valence-electron chi connectivity index (χ1n) is 6.08. The molecule has 2 nitrogen and oxygen atoms in total. The van der Waals surface area contributed by atoms with E-state index in [1.54, 1.807) is 0 Å². The Balaban J connectivity index is 2.85. The van der Waals surface area contributed by atoms with E-state index in [1.807, 2.05) is 0 Å². The number of benzene rings is 1. The minimum atomic E-state index is 0.329. The molecular formula is C14H24N2. The molecule has 0 aromatic heterocycles. The van der Waals surface area contributed by atoms with E-state index < -0.39 is 0 Å². The fourth-order valence-electron chi connectivity index (χ4n) is 1.92. The fourth-order valence-corrected chi connectivity index (χ4v) is 1.92. The maximum atomic E-state index is 5.89. The van der Waals surface area contributed by atoms with E-state index in [0.29, 0.717) is 18.6 Å². The number of likely N-dealkylation sites (N-methyl/N-ethyl adjacent to an activating group) is 1. The van der Waals surface area contributed by atoms with Gasteiger partial charge >= 0.3 is 0 Å². The van der Waals surface area contributed by atoms with Crippen LogP contribution in [0.4, 0.5) is 0 Å². The second-order valence-corrected chi connectivity index (χ2v) is 4.58. The van der Waals surface area contributed by atoms with Crippen LogP contribution in [0.1, 0.15) is 37.4 Å². The predicted molar refractivity (Wildman–Crippen MR) is 70.5 cm³/mol. The molecule has 0 saturated heterocycles. The van der Waals surface area contributed by atoms with Crippen molar-refractivity contribution < 1.29 is 0 Å². The van der Waals surface area contributed by atoms with Gasteiger partial charge in [-0.1, -0.05) is 36.8 Å². The Labute approximate surface area is 99.5 Å². The highest BCUT2D eigenvalue weighted by Crippen LogP contribution is 2.21. The van der Waals surface area contributed by atoms with Crippen molar-refractivity contribution >= 4 is 0 Å². The van der Waals surface area contributed by atoms with Crippen LogP contribution in [0.3, 0.4) is 0 Å². The van der Waals surface area contributed by atoms with Gasteiger partial charge < -0.3 is 5.73 Å². The number of rotatable bonds is 5. The Bertz CT molecular complexity index is 305. The van der Waals surface area contributed by atoms with Gasteiger partial charge in [-0.3, -0.25) is 4.90 Å². The van der Waals surface area contributed by atoms with Gasteiger partial charge in [-0.05, 0) is 32.9 Å². The SMILES string of the molecule is CCC(C)N(C)C(CN)c1ccc(C)cc1. The normalized spacial score (nSPS) is 15.1. The Hall–Kier alpha value is -0.860. The van der Waals surface area contributed by atoms with Gasteiger partial charge in [-0.25, -0.2) is 0 Å². The Morgan fingerprint density at radius 3 is 2.25 bits per heavy atom. The van der Waals surface area contributed by atoms with Crippen molar-refractivity contribution in [1.29, 1.82) is 0 Å². The van der Waals surface area contributed by atoms with Crippen LogP contribution in [0.5, 0.6) is 0 Å². The summed E-state index contributed by atoms with van der Waals surface area (Å²) in [4.78, 5) is 2.37. The van der Waals surface area contributed by atoms with Crippen LogP contribution in [-0.2, 0) is 0 Å². The summed E-state index contributed by atoms with van der Waals surface area (Å²) in [6.45, 7) is 7.24. The van der Waals surface area contributed by atoms with Gasteiger partial charge in [0.2, 0.25) is 0 Å². The molecule has 2 heteroatoms. The molecule has 1 aromatic carbocycles. The van der Waals surface area contributed by atoms with Crippen LogP contribution in [0.2, 0.25) is 0 Å². The average Bonchev–Trinajstić information content (AvgIpc) is 2.31. The summed E-state index contributed by atoms with van der Waals surface area (Å²) in [5, 5.41) is 0. The zero-order valence-electron chi connectivity index (χ0n) is 10.9. The van der Waals surface area contributed by atoms with Gasteiger partial charge in [0.25, 0.3) is 0 Å². The summed E-state index contributed by atoms with van der Waals surface area (Å²) >= 11 is 0. The molecule has 1 rings (SSSR count). The van der Waals surface area contributed by atoms with Crippen LogP contribution in [0, 0.1) is 6.92 Å². The second-order valence-electron chi connectivity index (χ2n) is 4.58. The molecule has 0 saturated carbocycles. The number of nitrogens with zero attached hydrogens (tertiary/aromatic N) is 1. The van der Waals surface area contributed by atoms with Crippen LogP contribution in [0.15, 0.2) is 24.3 Å². The van der Waals surface area contributed by atoms with Crippen molar-refractivity contribution in [2.45, 2.75) is 39.3 Å². The van der Waals surface area contributed by atoms with E-state index in [-0.39, 0.29) is 0 Å². The average molecular weight is 220 g/mol. The molecule has 0 aliphatic heterocycles. The van der Waals surface area contributed by atoms with E-state index in [0.717, 1.165) is 6.42 Å². The molecule has 2 unspecified atom stereocenters. The molecule has 0 aliphatic carbocycles. The van der Waals surface area contributed by atoms with E-state index in [9.17, 15) is 0 Å². The van der Waals surface area contributed by atoms with Gasteiger partial charge in [0.1, 0.15) is 0 Å². The largest absolute Gasteiger partial charge is 0.329 e. The van der Waals surface area contributed by atoms with Crippen molar-refractivity contribution in [2.24, 2.45) is 5.73 Å². The van der Waals surface area contributed by atoms with Gasteiger partial charge in [-0.2, -0.15) is 0 Å². The van der Waals surface area contributed by atoms with Crippen molar-refractivity contribution in [3.05, 3.63) is 35.4 Å². The molecule has 0 bridgehead atoms. The smallest absolute Gasteiger partial charge is 0.0470 e. The summed E-state index contributed by atoms with van der Waals surface area (Å²) in [5.74, 6) is 0. The molecule has 0 amide bonds. The third kappa shape index (κ3) is 3.06. The van der Waals surface area contributed by atoms with E-state index in [1.165, 1.54) is 11.1 Å². The van der Waals surface area contributed by atoms with Crippen LogP contribution in [0.25, 0.3) is 0 Å². The second kappa shape index (κ2) is 6.02. The number of hydrogen-bond acceptors (Lipinski definition) is 2. The fraction of sp³-hybridized carbons (Fsp3) is 0.571. The Kier molecular flexibility index (Phi) is 4.97. The van der Waals surface area contributed by atoms with Crippen molar-refractivity contribution in [3.8, 4) is 0 Å². The summed E-state index contributed by atoms with van der Waals surface area (Å²) in [5.41, 5.74) is 8.51. The number of nitrogens with two attached hydrogens (primary N) is 1. The summed E-state index contributed by atoms with van der Waals surface area (Å²) in [7, 11) is 2.16. The Morgan fingerprint density at radius 1 is 1.25 bits per heavy atom. The van der Waals surface area contributed by atoms with Crippen LogP contribution >= 0.6 is 0 Å². The van der Waals surface area contributed by atoms with Crippen molar-refractivity contribution in [2.75, 3.05) is 13.6 Å². The molecule has 1 aromatic rings. The topological polar surface area (TPSA) is 29.3 Å². The van der Waals surface area contributed by atoms with Gasteiger partial charge in [0.15, 0.2) is 0 Å². The quantitative estimate of drug-likeness (QED) is 0.826. The summed E-state index contributed by atoms with van der Waals surface area (Å²) in [6.07, 6.45) is 1.15. The first-order valence-corrected chi connectivity index (χ1v) is 6.08. The first kappa shape index (κ1) is 13.2. The van der Waals surface area contributed by atoms with Crippen LogP contribution in [-0.4, -0.2) is 24.5 Å². The lowest BCUT2D eigenvalue weighted by molar-refractivity contribution is 0.184. The molecule has 0 fully saturated rings. The van der Waals surface area contributed by atoms with E-state index in [2.05, 4.69) is 57.0 Å². The molecule has 0 heterocycles. The monoisotopic (exact) mass is 220 g/mol. The standard InChI is InChI=1S/C14H24N2/c1-5-12(3)16(4)14(10-15)13-8-6-11(2)7-9-13/h6-9,12,14H,5,10,15H2,1-4H3. The molecule has 2 atom stereocenters. The maximum absolute atomic E-state index is 5.89. The van der Waals surface area contributed by atoms with Gasteiger partial charge in [-0.15, -0.1) is 0 Å². The highest BCUT2D eigenvalue weighted by atomic mass is 15.2. The van der Waals surface area contributed by atoms with E-state index >= 15 is 0 Å². The molecule has 0 radical (unpaired) electrons. The Morgan fingerprint density at radius 2 is 1.81 bits per heavy atom. The number of hydrogen-bond donors (Lipinski definition) is 1.